The predicted octanol–water partition coefficient (Wildman–Crippen LogP) is 5.12. The average molecular weight is 357 g/mol. The summed E-state index contributed by atoms with van der Waals surface area (Å²) in [6.07, 6.45) is 3.50. The maximum atomic E-state index is 12.6. The van der Waals surface area contributed by atoms with E-state index in [0.29, 0.717) is 5.56 Å². The van der Waals surface area contributed by atoms with Crippen LogP contribution in [-0.2, 0) is 0 Å². The summed E-state index contributed by atoms with van der Waals surface area (Å²) in [6, 6.07) is 22.9. The number of aromatic nitrogens is 2. The molecule has 4 nitrogen and oxygen atoms in total. The highest BCUT2D eigenvalue weighted by Crippen LogP contribution is 2.37. The number of nitrogens with one attached hydrogen (secondary N) is 1. The van der Waals surface area contributed by atoms with E-state index in [9.17, 15) is 4.79 Å². The Labute approximate surface area is 155 Å². The molecule has 26 heavy (non-hydrogen) atoms. The number of amides is 1. The molecule has 5 heteroatoms. The average Bonchev–Trinajstić information content (AvgIpc) is 3.14. The van der Waals surface area contributed by atoms with Crippen LogP contribution in [-0.4, -0.2) is 15.9 Å². The molecular weight excluding hydrogens is 342 g/mol. The second-order valence-corrected chi connectivity index (χ2v) is 6.62. The molecule has 2 aromatic carbocycles. The van der Waals surface area contributed by atoms with Crippen LogP contribution in [0.15, 0.2) is 85.2 Å². The summed E-state index contributed by atoms with van der Waals surface area (Å²) in [5.74, 6) is -0.149. The first-order valence-corrected chi connectivity index (χ1v) is 8.96. The molecule has 0 atom stereocenters. The standard InChI is InChI=1S/C21H15N3OS/c25-19(16-10-5-2-6-11-16)24-21-18(15-8-3-1-4-9-15)23-20(26-21)17-12-7-13-22-14-17/h1-14H,(H,24,25). The molecule has 0 radical (unpaired) electrons. The topological polar surface area (TPSA) is 54.9 Å². The van der Waals surface area contributed by atoms with Crippen LogP contribution in [0.5, 0.6) is 0 Å². The summed E-state index contributed by atoms with van der Waals surface area (Å²) in [5.41, 5.74) is 3.26. The Morgan fingerprint density at radius 3 is 2.23 bits per heavy atom. The largest absolute Gasteiger partial charge is 0.312 e. The molecular formula is C21H15N3OS. The molecule has 0 saturated carbocycles. The number of hydrogen-bond donors (Lipinski definition) is 1. The Balaban J connectivity index is 1.75. The van der Waals surface area contributed by atoms with Gasteiger partial charge < -0.3 is 5.32 Å². The van der Waals surface area contributed by atoms with Crippen LogP contribution in [0.3, 0.4) is 0 Å². The molecule has 4 rings (SSSR count). The van der Waals surface area contributed by atoms with Crippen LogP contribution in [0.2, 0.25) is 0 Å². The molecule has 0 saturated heterocycles. The van der Waals surface area contributed by atoms with Gasteiger partial charge in [-0.2, -0.15) is 0 Å². The van der Waals surface area contributed by atoms with Gasteiger partial charge >= 0.3 is 0 Å². The van der Waals surface area contributed by atoms with Gasteiger partial charge in [0.1, 0.15) is 15.7 Å². The Kier molecular flexibility index (Phi) is 4.53. The molecule has 1 amide bonds. The predicted molar refractivity (Wildman–Crippen MR) is 105 cm³/mol. The molecule has 0 aliphatic rings. The lowest BCUT2D eigenvalue weighted by Crippen LogP contribution is -2.11. The summed E-state index contributed by atoms with van der Waals surface area (Å²) >= 11 is 1.45. The molecule has 4 aromatic rings. The molecule has 2 heterocycles. The van der Waals surface area contributed by atoms with Crippen LogP contribution in [0, 0.1) is 0 Å². The first-order chi connectivity index (χ1) is 12.8. The van der Waals surface area contributed by atoms with Gasteiger partial charge in [-0.05, 0) is 24.3 Å². The summed E-state index contributed by atoms with van der Waals surface area (Å²) < 4.78 is 0. The first-order valence-electron chi connectivity index (χ1n) is 8.14. The van der Waals surface area contributed by atoms with E-state index >= 15 is 0 Å². The van der Waals surface area contributed by atoms with Crippen molar-refractivity contribution in [3.63, 3.8) is 0 Å². The molecule has 0 spiro atoms. The van der Waals surface area contributed by atoms with E-state index in [1.165, 1.54) is 11.3 Å². The summed E-state index contributed by atoms with van der Waals surface area (Å²) in [5, 5.41) is 4.56. The Morgan fingerprint density at radius 1 is 0.846 bits per heavy atom. The third-order valence-corrected chi connectivity index (χ3v) is 4.87. The smallest absolute Gasteiger partial charge is 0.256 e. The van der Waals surface area contributed by atoms with Crippen molar-refractivity contribution in [2.24, 2.45) is 0 Å². The van der Waals surface area contributed by atoms with Crippen molar-refractivity contribution < 1.29 is 4.79 Å². The molecule has 2 aromatic heterocycles. The van der Waals surface area contributed by atoms with E-state index in [1.807, 2.05) is 60.7 Å². The maximum absolute atomic E-state index is 12.6. The zero-order chi connectivity index (χ0) is 17.8. The van der Waals surface area contributed by atoms with Gasteiger partial charge in [-0.1, -0.05) is 59.9 Å². The van der Waals surface area contributed by atoms with Crippen molar-refractivity contribution in [1.29, 1.82) is 0 Å². The Hall–Kier alpha value is -3.31. The summed E-state index contributed by atoms with van der Waals surface area (Å²) in [6.45, 7) is 0. The highest BCUT2D eigenvalue weighted by Gasteiger charge is 2.17. The second kappa shape index (κ2) is 7.29. The van der Waals surface area contributed by atoms with Crippen LogP contribution in [0.4, 0.5) is 5.00 Å². The van der Waals surface area contributed by atoms with Crippen LogP contribution >= 0.6 is 11.3 Å². The van der Waals surface area contributed by atoms with E-state index in [1.54, 1.807) is 24.5 Å². The van der Waals surface area contributed by atoms with Gasteiger partial charge in [-0.3, -0.25) is 9.78 Å². The molecule has 0 unspecified atom stereocenters. The van der Waals surface area contributed by atoms with Crippen LogP contribution < -0.4 is 5.32 Å². The van der Waals surface area contributed by atoms with Gasteiger partial charge in [0.2, 0.25) is 0 Å². The number of carbonyl (C=O) groups is 1. The number of nitrogens with zero attached hydrogens (tertiary/aromatic N) is 2. The first kappa shape index (κ1) is 16.2. The van der Waals surface area contributed by atoms with Gasteiger partial charge in [0, 0.05) is 29.1 Å². The second-order valence-electron chi connectivity index (χ2n) is 5.62. The van der Waals surface area contributed by atoms with Crippen molar-refractivity contribution in [3.8, 4) is 21.8 Å². The van der Waals surface area contributed by atoms with E-state index in [4.69, 9.17) is 4.98 Å². The quantitative estimate of drug-likeness (QED) is 0.551. The van der Waals surface area contributed by atoms with Crippen molar-refractivity contribution in [3.05, 3.63) is 90.8 Å². The van der Waals surface area contributed by atoms with E-state index in [0.717, 1.165) is 26.8 Å². The van der Waals surface area contributed by atoms with Crippen molar-refractivity contribution in [2.75, 3.05) is 5.32 Å². The minimum atomic E-state index is -0.149. The molecule has 0 aliphatic heterocycles. The number of thiazole rings is 1. The van der Waals surface area contributed by atoms with Gasteiger partial charge in [-0.25, -0.2) is 4.98 Å². The van der Waals surface area contributed by atoms with Crippen molar-refractivity contribution >= 4 is 22.2 Å². The molecule has 1 N–H and O–H groups in total. The summed E-state index contributed by atoms with van der Waals surface area (Å²) in [4.78, 5) is 21.5. The number of benzene rings is 2. The molecule has 0 aliphatic carbocycles. The van der Waals surface area contributed by atoms with E-state index < -0.39 is 0 Å². The Morgan fingerprint density at radius 2 is 1.54 bits per heavy atom. The van der Waals surface area contributed by atoms with Gasteiger partial charge in [0.05, 0.1) is 0 Å². The van der Waals surface area contributed by atoms with Crippen molar-refractivity contribution in [2.45, 2.75) is 0 Å². The van der Waals surface area contributed by atoms with E-state index in [2.05, 4.69) is 10.3 Å². The van der Waals surface area contributed by atoms with Crippen LogP contribution in [0.1, 0.15) is 10.4 Å². The lowest BCUT2D eigenvalue weighted by Gasteiger charge is -2.05. The minimum Gasteiger partial charge on any atom is -0.312 e. The van der Waals surface area contributed by atoms with Crippen LogP contribution in [0.25, 0.3) is 21.8 Å². The van der Waals surface area contributed by atoms with Crippen molar-refractivity contribution in [1.82, 2.24) is 9.97 Å². The fourth-order valence-electron chi connectivity index (χ4n) is 2.57. The third-order valence-electron chi connectivity index (χ3n) is 3.85. The van der Waals surface area contributed by atoms with Gasteiger partial charge in [-0.15, -0.1) is 0 Å². The zero-order valence-electron chi connectivity index (χ0n) is 13.8. The highest BCUT2D eigenvalue weighted by molar-refractivity contribution is 7.19. The van der Waals surface area contributed by atoms with Gasteiger partial charge in [0.15, 0.2) is 0 Å². The lowest BCUT2D eigenvalue weighted by atomic mass is 10.1. The van der Waals surface area contributed by atoms with E-state index in [-0.39, 0.29) is 5.91 Å². The summed E-state index contributed by atoms with van der Waals surface area (Å²) in [7, 11) is 0. The number of rotatable bonds is 4. The molecule has 126 valence electrons. The number of pyridine rings is 1. The Bertz CT molecular complexity index is 1020. The fraction of sp³-hybridized carbons (Fsp3) is 0. The number of hydrogen-bond acceptors (Lipinski definition) is 4. The maximum Gasteiger partial charge on any atom is 0.256 e. The normalized spacial score (nSPS) is 10.5. The molecule has 0 bridgehead atoms. The molecule has 0 fully saturated rings. The zero-order valence-corrected chi connectivity index (χ0v) is 14.6. The highest BCUT2D eigenvalue weighted by atomic mass is 32.1. The SMILES string of the molecule is O=C(Nc1sc(-c2cccnc2)nc1-c1ccccc1)c1ccccc1. The third kappa shape index (κ3) is 3.38. The minimum absolute atomic E-state index is 0.149. The fourth-order valence-corrected chi connectivity index (χ4v) is 3.55. The van der Waals surface area contributed by atoms with Gasteiger partial charge in [0.25, 0.3) is 5.91 Å². The lowest BCUT2D eigenvalue weighted by molar-refractivity contribution is 0.102. The number of anilines is 1. The monoisotopic (exact) mass is 357 g/mol. The number of carbonyl (C=O) groups excluding carboxylic acids is 1.